The molecule has 49 heavy (non-hydrogen) atoms. The molecule has 250 valence electrons. The van der Waals surface area contributed by atoms with Crippen molar-refractivity contribution in [3.63, 3.8) is 0 Å². The molecule has 0 amide bonds. The Morgan fingerprint density at radius 3 is 2.31 bits per heavy atom. The molecule has 0 unspecified atom stereocenters. The monoisotopic (exact) mass is 661 g/mol. The Morgan fingerprint density at radius 1 is 0.980 bits per heavy atom. The molecule has 3 aromatic heterocycles. The zero-order valence-corrected chi connectivity index (χ0v) is 26.3. The molecule has 1 aliphatic heterocycles. The Balaban J connectivity index is 1.27. The summed E-state index contributed by atoms with van der Waals surface area (Å²) in [6, 6.07) is 29.8. The summed E-state index contributed by atoms with van der Waals surface area (Å²) in [6.07, 6.45) is -0.957. The maximum atomic E-state index is 11.6. The molecule has 14 nitrogen and oxygen atoms in total. The molecule has 5 N–H and O–H groups in total. The molecule has 4 heterocycles. The third-order valence-electron chi connectivity index (χ3n) is 8.58. The number of hydrogen-bond donors (Lipinski definition) is 5. The quantitative estimate of drug-likeness (QED) is 0.107. The number of anilines is 2. The first-order valence-electron chi connectivity index (χ1n) is 15.9. The van der Waals surface area contributed by atoms with E-state index in [1.165, 1.54) is 12.7 Å². The SMILES string of the molecule is O=CO[C@@H]1[C@H](O)[C@@H](c2nnc[nH]2)O[C@H]1n1cnc2c(NCC(c3ccccc3)c3ccccc3)nc(N[C@H](CO)Cc3ccccc3)nc21. The summed E-state index contributed by atoms with van der Waals surface area (Å²) in [5.74, 6) is 0.937. The van der Waals surface area contributed by atoms with Crippen molar-refractivity contribution < 1.29 is 24.5 Å². The lowest BCUT2D eigenvalue weighted by Crippen LogP contribution is -2.32. The van der Waals surface area contributed by atoms with Crippen LogP contribution in [0.3, 0.4) is 0 Å². The van der Waals surface area contributed by atoms with Crippen LogP contribution in [-0.4, -0.2) is 82.8 Å². The topological polar surface area (TPSA) is 185 Å². The Bertz CT molecular complexity index is 1910. The number of benzene rings is 3. The van der Waals surface area contributed by atoms with E-state index in [-0.39, 0.29) is 30.8 Å². The Morgan fingerprint density at radius 2 is 1.67 bits per heavy atom. The predicted molar refractivity (Wildman–Crippen MR) is 179 cm³/mol. The summed E-state index contributed by atoms with van der Waals surface area (Å²) in [6.45, 7) is 0.571. The molecular weight excluding hydrogens is 626 g/mol. The highest BCUT2D eigenvalue weighted by atomic mass is 16.6. The van der Waals surface area contributed by atoms with Gasteiger partial charge < -0.3 is 35.3 Å². The number of carbonyl (C=O) groups is 1. The van der Waals surface area contributed by atoms with Crippen LogP contribution in [0, 0.1) is 0 Å². The van der Waals surface area contributed by atoms with E-state index in [1.807, 2.05) is 66.7 Å². The number of rotatable bonds is 14. The minimum atomic E-state index is -1.26. The third-order valence-corrected chi connectivity index (χ3v) is 8.58. The van der Waals surface area contributed by atoms with Gasteiger partial charge in [0.1, 0.15) is 18.5 Å². The first-order chi connectivity index (χ1) is 24.1. The number of aliphatic hydroxyl groups excluding tert-OH is 2. The van der Waals surface area contributed by atoms with Crippen LogP contribution >= 0.6 is 0 Å². The predicted octanol–water partition coefficient (Wildman–Crippen LogP) is 3.38. The number of H-pyrrole nitrogens is 1. The zero-order valence-electron chi connectivity index (χ0n) is 26.3. The first-order valence-corrected chi connectivity index (χ1v) is 15.9. The van der Waals surface area contributed by atoms with Gasteiger partial charge in [-0.2, -0.15) is 9.97 Å². The zero-order chi connectivity index (χ0) is 33.6. The number of aromatic nitrogens is 7. The van der Waals surface area contributed by atoms with E-state index in [0.717, 1.165) is 16.7 Å². The third kappa shape index (κ3) is 6.83. The highest BCUT2D eigenvalue weighted by Crippen LogP contribution is 2.40. The van der Waals surface area contributed by atoms with E-state index >= 15 is 0 Å². The fraction of sp³-hybridized carbons (Fsp3) is 0.257. The second kappa shape index (κ2) is 14.6. The van der Waals surface area contributed by atoms with Gasteiger partial charge in [-0.15, -0.1) is 10.2 Å². The van der Waals surface area contributed by atoms with E-state index < -0.39 is 30.6 Å². The minimum absolute atomic E-state index is 0.0180. The van der Waals surface area contributed by atoms with E-state index in [9.17, 15) is 15.0 Å². The minimum Gasteiger partial charge on any atom is -0.457 e. The summed E-state index contributed by atoms with van der Waals surface area (Å²) in [7, 11) is 0. The molecule has 7 rings (SSSR count). The molecule has 1 fully saturated rings. The van der Waals surface area contributed by atoms with Crippen molar-refractivity contribution in [1.82, 2.24) is 34.7 Å². The van der Waals surface area contributed by atoms with Gasteiger partial charge in [0.2, 0.25) is 5.95 Å². The highest BCUT2D eigenvalue weighted by Gasteiger charge is 2.49. The smallest absolute Gasteiger partial charge is 0.293 e. The Hall–Kier alpha value is -5.70. The molecule has 6 aromatic rings. The van der Waals surface area contributed by atoms with Crippen molar-refractivity contribution >= 4 is 29.4 Å². The van der Waals surface area contributed by atoms with E-state index in [1.54, 1.807) is 4.57 Å². The lowest BCUT2D eigenvalue weighted by atomic mass is 9.91. The molecule has 3 aromatic carbocycles. The van der Waals surface area contributed by atoms with Crippen molar-refractivity contribution in [1.29, 1.82) is 0 Å². The average molecular weight is 662 g/mol. The normalized spacial score (nSPS) is 19.6. The molecule has 0 radical (unpaired) electrons. The van der Waals surface area contributed by atoms with Crippen LogP contribution in [0.4, 0.5) is 11.8 Å². The number of carbonyl (C=O) groups excluding carboxylic acids is 1. The van der Waals surface area contributed by atoms with Gasteiger partial charge in [0.05, 0.1) is 19.0 Å². The van der Waals surface area contributed by atoms with Gasteiger partial charge in [0, 0.05) is 12.5 Å². The van der Waals surface area contributed by atoms with Gasteiger partial charge in [0.15, 0.2) is 35.1 Å². The summed E-state index contributed by atoms with van der Waals surface area (Å²) in [5.41, 5.74) is 4.06. The molecule has 1 saturated heterocycles. The number of aliphatic hydroxyl groups is 2. The molecule has 5 atom stereocenters. The number of ether oxygens (including phenoxy) is 2. The molecule has 0 aliphatic carbocycles. The molecule has 0 saturated carbocycles. The van der Waals surface area contributed by atoms with Crippen molar-refractivity contribution in [2.24, 2.45) is 0 Å². The average Bonchev–Trinajstić information content (AvgIpc) is 3.90. The number of nitrogens with one attached hydrogen (secondary N) is 3. The van der Waals surface area contributed by atoms with Crippen molar-refractivity contribution in [2.75, 3.05) is 23.8 Å². The first kappa shape index (κ1) is 31.9. The Labute approximate surface area is 281 Å². The van der Waals surface area contributed by atoms with Gasteiger partial charge in [-0.3, -0.25) is 9.36 Å². The molecular formula is C35H35N9O5. The van der Waals surface area contributed by atoms with E-state index in [0.29, 0.717) is 29.9 Å². The van der Waals surface area contributed by atoms with Crippen LogP contribution in [0.1, 0.15) is 40.8 Å². The van der Waals surface area contributed by atoms with Crippen LogP contribution in [0.25, 0.3) is 11.2 Å². The van der Waals surface area contributed by atoms with Crippen LogP contribution in [0.2, 0.25) is 0 Å². The molecule has 0 bridgehead atoms. The number of nitrogens with zero attached hydrogens (tertiary/aromatic N) is 6. The molecule has 1 aliphatic rings. The lowest BCUT2D eigenvalue weighted by molar-refractivity contribution is -0.142. The van der Waals surface area contributed by atoms with Crippen LogP contribution in [0.5, 0.6) is 0 Å². The standard InChI is InChI=1S/C35H35N9O5/c45-18-25(16-22-10-4-1-5-11-22)40-35-41-31(36-17-26(23-12-6-2-7-13-23)24-14-8-3-9-15-24)27-33(42-35)44(20-38-27)34-30(48-21-46)28(47)29(49-34)32-37-19-39-43-32/h1-15,19-21,25-26,28-30,34,45,47H,16-18H2,(H,37,39,43)(H2,36,40,41,42)/t25-,28+,29-,30+,34+/m0/s1. The fourth-order valence-corrected chi connectivity index (χ4v) is 6.20. The summed E-state index contributed by atoms with van der Waals surface area (Å²) < 4.78 is 13.2. The summed E-state index contributed by atoms with van der Waals surface area (Å²) in [4.78, 5) is 28.7. The molecule has 14 heteroatoms. The second-order valence-corrected chi connectivity index (χ2v) is 11.7. The van der Waals surface area contributed by atoms with Gasteiger partial charge in [0.25, 0.3) is 6.47 Å². The number of aromatic amines is 1. The van der Waals surface area contributed by atoms with Crippen LogP contribution in [0.15, 0.2) is 104 Å². The maximum absolute atomic E-state index is 11.6. The van der Waals surface area contributed by atoms with Gasteiger partial charge in [-0.05, 0) is 23.1 Å². The lowest BCUT2D eigenvalue weighted by Gasteiger charge is -2.22. The summed E-state index contributed by atoms with van der Waals surface area (Å²) >= 11 is 0. The number of fused-ring (bicyclic) bond motifs is 1. The maximum Gasteiger partial charge on any atom is 0.293 e. The highest BCUT2D eigenvalue weighted by molar-refractivity contribution is 5.84. The van der Waals surface area contributed by atoms with Crippen LogP contribution < -0.4 is 10.6 Å². The second-order valence-electron chi connectivity index (χ2n) is 11.7. The van der Waals surface area contributed by atoms with Crippen molar-refractivity contribution in [2.45, 2.75) is 42.9 Å². The van der Waals surface area contributed by atoms with Crippen LogP contribution in [-0.2, 0) is 20.7 Å². The number of imidazole rings is 1. The van der Waals surface area contributed by atoms with Gasteiger partial charge >= 0.3 is 0 Å². The Kier molecular flexibility index (Phi) is 9.50. The molecule has 0 spiro atoms. The van der Waals surface area contributed by atoms with Crippen molar-refractivity contribution in [3.05, 3.63) is 126 Å². The van der Waals surface area contributed by atoms with E-state index in [4.69, 9.17) is 19.4 Å². The van der Waals surface area contributed by atoms with Gasteiger partial charge in [-0.25, -0.2) is 4.98 Å². The number of hydrogen-bond acceptors (Lipinski definition) is 12. The van der Waals surface area contributed by atoms with E-state index in [2.05, 4.69) is 55.1 Å². The van der Waals surface area contributed by atoms with Gasteiger partial charge in [-0.1, -0.05) is 91.0 Å². The van der Waals surface area contributed by atoms with Crippen molar-refractivity contribution in [3.8, 4) is 0 Å². The fourth-order valence-electron chi connectivity index (χ4n) is 6.20. The largest absolute Gasteiger partial charge is 0.457 e. The summed E-state index contributed by atoms with van der Waals surface area (Å²) in [5, 5.41) is 36.1.